The quantitative estimate of drug-likeness (QED) is 0.931. The highest BCUT2D eigenvalue weighted by Gasteiger charge is 2.35. The van der Waals surface area contributed by atoms with Crippen LogP contribution in [-0.2, 0) is 13.1 Å². The van der Waals surface area contributed by atoms with Crippen molar-refractivity contribution in [3.63, 3.8) is 0 Å². The first-order valence-corrected chi connectivity index (χ1v) is 6.90. The minimum absolute atomic E-state index is 0.300. The summed E-state index contributed by atoms with van der Waals surface area (Å²) in [5, 5.41) is 4.25. The van der Waals surface area contributed by atoms with Crippen LogP contribution in [0, 0.1) is 0 Å². The van der Waals surface area contributed by atoms with Gasteiger partial charge in [0.1, 0.15) is 11.9 Å². The van der Waals surface area contributed by atoms with Crippen LogP contribution in [-0.4, -0.2) is 26.5 Å². The third-order valence-electron chi connectivity index (χ3n) is 3.55. The summed E-state index contributed by atoms with van der Waals surface area (Å²) in [7, 11) is 0. The van der Waals surface area contributed by atoms with Gasteiger partial charge in [0, 0.05) is 24.8 Å². The van der Waals surface area contributed by atoms with Crippen molar-refractivity contribution in [2.45, 2.75) is 26.1 Å². The molecule has 1 atom stereocenters. The third kappa shape index (κ3) is 2.52. The number of benzene rings is 1. The molecule has 0 fully saturated rings. The molecule has 1 aliphatic heterocycles. The van der Waals surface area contributed by atoms with Crippen molar-refractivity contribution in [2.24, 2.45) is 10.7 Å². The molecule has 2 aromatic rings. The molecule has 108 valence electrons. The van der Waals surface area contributed by atoms with Gasteiger partial charge in [0.15, 0.2) is 0 Å². The molecule has 2 N–H and O–H groups in total. The Morgan fingerprint density at radius 3 is 2.71 bits per heavy atom. The van der Waals surface area contributed by atoms with Gasteiger partial charge in [0.25, 0.3) is 0 Å². The largest absolute Gasteiger partial charge is 0.385 e. The van der Waals surface area contributed by atoms with Gasteiger partial charge in [0.05, 0.1) is 6.20 Å². The highest BCUT2D eigenvalue weighted by molar-refractivity contribution is 6.03. The molecule has 0 aliphatic carbocycles. The van der Waals surface area contributed by atoms with Crippen LogP contribution in [0.5, 0.6) is 0 Å². The molecule has 6 nitrogen and oxygen atoms in total. The second-order valence-corrected chi connectivity index (χ2v) is 4.96. The number of nitrogens with zero attached hydrogens (tertiary/aromatic N) is 4. The summed E-state index contributed by atoms with van der Waals surface area (Å²) >= 11 is 0. The molecule has 1 aliphatic rings. The molecular formula is C15H17N5O. The lowest BCUT2D eigenvalue weighted by Gasteiger charge is -2.23. The van der Waals surface area contributed by atoms with E-state index in [1.807, 2.05) is 48.1 Å². The summed E-state index contributed by atoms with van der Waals surface area (Å²) in [5.41, 5.74) is 7.88. The van der Waals surface area contributed by atoms with Crippen molar-refractivity contribution in [2.75, 3.05) is 0 Å². The fraction of sp³-hybridized carbons (Fsp3) is 0.267. The third-order valence-corrected chi connectivity index (χ3v) is 3.55. The van der Waals surface area contributed by atoms with E-state index in [0.717, 1.165) is 17.7 Å². The molecule has 1 unspecified atom stereocenters. The van der Waals surface area contributed by atoms with E-state index >= 15 is 0 Å². The van der Waals surface area contributed by atoms with E-state index in [2.05, 4.69) is 10.1 Å². The summed E-state index contributed by atoms with van der Waals surface area (Å²) in [6.07, 6.45) is 3.65. The Kier molecular flexibility index (Phi) is 3.43. The Morgan fingerprint density at radius 1 is 1.29 bits per heavy atom. The summed E-state index contributed by atoms with van der Waals surface area (Å²) in [5.74, 6) is 0.326. The zero-order valence-electron chi connectivity index (χ0n) is 11.8. The molecule has 0 saturated carbocycles. The number of aryl methyl sites for hydroxylation is 1. The SMILES string of the molecule is CCn1cc(C2C(N)=NC(=O)N2Cc2ccccc2)cn1. The molecule has 6 heteroatoms. The Morgan fingerprint density at radius 2 is 2.05 bits per heavy atom. The van der Waals surface area contributed by atoms with E-state index in [1.165, 1.54) is 0 Å². The van der Waals surface area contributed by atoms with Crippen LogP contribution in [0.3, 0.4) is 0 Å². The molecule has 0 saturated heterocycles. The Bertz CT molecular complexity index is 676. The van der Waals surface area contributed by atoms with Crippen molar-refractivity contribution in [3.8, 4) is 0 Å². The zero-order chi connectivity index (χ0) is 14.8. The minimum atomic E-state index is -0.335. The standard InChI is InChI=1S/C15H17N5O/c1-2-19-10-12(8-17-19)13-14(16)18-15(21)20(13)9-11-6-4-3-5-7-11/h3-8,10,13H,2,9H2,1H3,(H2,16,18,21). The summed E-state index contributed by atoms with van der Waals surface area (Å²) in [4.78, 5) is 17.7. The topological polar surface area (TPSA) is 76.5 Å². The van der Waals surface area contributed by atoms with Gasteiger partial charge in [-0.2, -0.15) is 10.1 Å². The van der Waals surface area contributed by atoms with Crippen LogP contribution in [0.25, 0.3) is 0 Å². The fourth-order valence-electron chi connectivity index (χ4n) is 2.49. The average Bonchev–Trinajstić information content (AvgIpc) is 3.05. The van der Waals surface area contributed by atoms with E-state index in [9.17, 15) is 4.79 Å². The highest BCUT2D eigenvalue weighted by atomic mass is 16.2. The first kappa shape index (κ1) is 13.4. The molecule has 1 aromatic heterocycles. The molecular weight excluding hydrogens is 266 g/mol. The van der Waals surface area contributed by atoms with Gasteiger partial charge < -0.3 is 10.6 Å². The number of nitrogens with two attached hydrogens (primary N) is 1. The monoisotopic (exact) mass is 283 g/mol. The normalized spacial score (nSPS) is 18.1. The second-order valence-electron chi connectivity index (χ2n) is 4.96. The molecule has 21 heavy (non-hydrogen) atoms. The number of carbonyl (C=O) groups is 1. The maximum absolute atomic E-state index is 12.1. The van der Waals surface area contributed by atoms with Gasteiger partial charge >= 0.3 is 6.03 Å². The van der Waals surface area contributed by atoms with Gasteiger partial charge in [-0.25, -0.2) is 4.79 Å². The lowest BCUT2D eigenvalue weighted by atomic mass is 10.1. The fourth-order valence-corrected chi connectivity index (χ4v) is 2.49. The van der Waals surface area contributed by atoms with Gasteiger partial charge in [-0.05, 0) is 12.5 Å². The summed E-state index contributed by atoms with van der Waals surface area (Å²) in [6.45, 7) is 3.26. The number of hydrogen-bond donors (Lipinski definition) is 1. The number of amidine groups is 1. The first-order valence-electron chi connectivity index (χ1n) is 6.90. The summed E-state index contributed by atoms with van der Waals surface area (Å²) in [6, 6.07) is 9.17. The van der Waals surface area contributed by atoms with Gasteiger partial charge in [-0.15, -0.1) is 0 Å². The molecule has 0 radical (unpaired) electrons. The van der Waals surface area contributed by atoms with E-state index < -0.39 is 0 Å². The van der Waals surface area contributed by atoms with Gasteiger partial charge in [-0.1, -0.05) is 30.3 Å². The van der Waals surface area contributed by atoms with Gasteiger partial charge in [0.2, 0.25) is 0 Å². The Hall–Kier alpha value is -2.63. The zero-order valence-corrected chi connectivity index (χ0v) is 11.8. The molecule has 2 amide bonds. The van der Waals surface area contributed by atoms with Crippen LogP contribution >= 0.6 is 0 Å². The number of carbonyl (C=O) groups excluding carboxylic acids is 1. The van der Waals surface area contributed by atoms with E-state index in [0.29, 0.717) is 12.4 Å². The number of aliphatic imine (C=N–C) groups is 1. The van der Waals surface area contributed by atoms with Crippen molar-refractivity contribution >= 4 is 11.9 Å². The predicted molar refractivity (Wildman–Crippen MR) is 79.6 cm³/mol. The van der Waals surface area contributed by atoms with Crippen molar-refractivity contribution < 1.29 is 4.79 Å². The number of hydrogen-bond acceptors (Lipinski definition) is 3. The van der Waals surface area contributed by atoms with Crippen LogP contribution in [0.15, 0.2) is 47.7 Å². The van der Waals surface area contributed by atoms with Crippen molar-refractivity contribution in [3.05, 3.63) is 53.9 Å². The summed E-state index contributed by atoms with van der Waals surface area (Å²) < 4.78 is 1.81. The average molecular weight is 283 g/mol. The maximum atomic E-state index is 12.1. The number of urea groups is 1. The van der Waals surface area contributed by atoms with E-state index in [-0.39, 0.29) is 12.1 Å². The lowest BCUT2D eigenvalue weighted by molar-refractivity contribution is 0.204. The molecule has 1 aromatic carbocycles. The van der Waals surface area contributed by atoms with Crippen LogP contribution in [0.1, 0.15) is 24.1 Å². The smallest absolute Gasteiger partial charge is 0.346 e. The molecule has 3 rings (SSSR count). The van der Waals surface area contributed by atoms with Crippen LogP contribution < -0.4 is 5.73 Å². The number of rotatable bonds is 4. The first-order chi connectivity index (χ1) is 10.2. The van der Waals surface area contributed by atoms with Crippen molar-refractivity contribution in [1.29, 1.82) is 0 Å². The van der Waals surface area contributed by atoms with Crippen LogP contribution in [0.2, 0.25) is 0 Å². The molecule has 0 spiro atoms. The Labute approximate surface area is 122 Å². The molecule has 2 heterocycles. The number of amides is 2. The van der Waals surface area contributed by atoms with Crippen molar-refractivity contribution in [1.82, 2.24) is 14.7 Å². The predicted octanol–water partition coefficient (Wildman–Crippen LogP) is 1.94. The number of aromatic nitrogens is 2. The molecule has 0 bridgehead atoms. The lowest BCUT2D eigenvalue weighted by Crippen LogP contribution is -2.32. The van der Waals surface area contributed by atoms with Gasteiger partial charge in [-0.3, -0.25) is 4.68 Å². The minimum Gasteiger partial charge on any atom is -0.385 e. The van der Waals surface area contributed by atoms with E-state index in [4.69, 9.17) is 5.73 Å². The Balaban J connectivity index is 1.89. The van der Waals surface area contributed by atoms with Crippen LogP contribution in [0.4, 0.5) is 4.79 Å². The maximum Gasteiger partial charge on any atom is 0.346 e. The highest BCUT2D eigenvalue weighted by Crippen LogP contribution is 2.28. The van der Waals surface area contributed by atoms with E-state index in [1.54, 1.807) is 11.1 Å². The second kappa shape index (κ2) is 5.40.